The van der Waals surface area contributed by atoms with E-state index in [1.807, 2.05) is 6.08 Å². The van der Waals surface area contributed by atoms with E-state index in [1.54, 1.807) is 51.0 Å². The Morgan fingerprint density at radius 1 is 1.22 bits per heavy atom. The molecule has 3 aromatic rings. The number of nitrogens with one attached hydrogen (secondary N) is 2. The van der Waals surface area contributed by atoms with Gasteiger partial charge in [-0.15, -0.1) is 0 Å². The largest absolute Gasteiger partial charge is 0.363 e. The second-order valence-electron chi connectivity index (χ2n) is 9.56. The number of alkyl halides is 1. The molecule has 0 fully saturated rings. The highest BCUT2D eigenvalue weighted by molar-refractivity contribution is 5.89. The number of carbonyl (C=O) groups excluding carboxylic acids is 1. The first-order valence-electron chi connectivity index (χ1n) is 12.1. The smallest absolute Gasteiger partial charge is 0.257 e. The highest BCUT2D eigenvalue weighted by Gasteiger charge is 2.25. The molecule has 7 nitrogen and oxygen atoms in total. The van der Waals surface area contributed by atoms with E-state index in [0.29, 0.717) is 53.1 Å². The van der Waals surface area contributed by atoms with Gasteiger partial charge in [-0.25, -0.2) is 18.7 Å². The minimum Gasteiger partial charge on any atom is -0.363 e. The summed E-state index contributed by atoms with van der Waals surface area (Å²) >= 11 is 0. The summed E-state index contributed by atoms with van der Waals surface area (Å²) in [5, 5.41) is 3.82. The van der Waals surface area contributed by atoms with Crippen molar-refractivity contribution in [2.24, 2.45) is 5.92 Å². The molecular formula is C27H31F2N5O2. The second kappa shape index (κ2) is 10.2. The zero-order valence-corrected chi connectivity index (χ0v) is 21.2. The van der Waals surface area contributed by atoms with Gasteiger partial charge in [0.25, 0.3) is 5.56 Å². The number of aryl methyl sites for hydroxylation is 1. The molecule has 0 saturated carbocycles. The van der Waals surface area contributed by atoms with Crippen molar-refractivity contribution in [3.05, 3.63) is 69.0 Å². The average Bonchev–Trinajstić information content (AvgIpc) is 2.83. The lowest BCUT2D eigenvalue weighted by Crippen LogP contribution is -2.30. The van der Waals surface area contributed by atoms with Crippen LogP contribution >= 0.6 is 0 Å². The lowest BCUT2D eigenvalue weighted by Gasteiger charge is -2.24. The van der Waals surface area contributed by atoms with Gasteiger partial charge >= 0.3 is 0 Å². The first-order chi connectivity index (χ1) is 17.1. The minimum atomic E-state index is -1.43. The maximum absolute atomic E-state index is 15.0. The number of carbonyl (C=O) groups is 1. The third-order valence-corrected chi connectivity index (χ3v) is 6.68. The van der Waals surface area contributed by atoms with Gasteiger partial charge in [0.1, 0.15) is 29.3 Å². The van der Waals surface area contributed by atoms with Crippen molar-refractivity contribution in [2.75, 3.05) is 19.4 Å². The number of pyridine rings is 1. The number of aromatic nitrogens is 3. The number of amides is 1. The predicted molar refractivity (Wildman–Crippen MR) is 137 cm³/mol. The fraction of sp³-hybridized carbons (Fsp3) is 0.407. The van der Waals surface area contributed by atoms with Gasteiger partial charge in [-0.2, -0.15) is 0 Å². The number of allylic oxidation sites excluding steroid dienone is 2. The number of H-pyrrole nitrogens is 1. The SMILES string of the molecule is Cc1nc(N[C@H](C)c2cccc(C(C)F)c2F)c2cc(C3=CCC(C(=O)N(C)C)CC3)c(=O)[nH]c2n1. The molecule has 1 aliphatic rings. The standard InChI is InChI=1S/C27H31F2N5O2/c1-14(28)19-7-6-8-20(23(19)29)15(2)30-24-22-13-21(26(35)33-25(22)32-16(3)31-24)17-9-11-18(12-10-17)27(36)34(4)5/h6-9,13-15,18H,10-12H2,1-5H3,(H2,30,31,32,33,35)/t14?,15-,18?/m1/s1. The molecule has 2 aromatic heterocycles. The van der Waals surface area contributed by atoms with Crippen LogP contribution in [0.2, 0.25) is 0 Å². The van der Waals surface area contributed by atoms with Crippen molar-refractivity contribution >= 4 is 28.3 Å². The summed E-state index contributed by atoms with van der Waals surface area (Å²) in [6, 6.07) is 5.90. The Morgan fingerprint density at radius 3 is 2.58 bits per heavy atom. The van der Waals surface area contributed by atoms with Gasteiger partial charge in [-0.1, -0.05) is 24.3 Å². The van der Waals surface area contributed by atoms with Crippen molar-refractivity contribution in [3.63, 3.8) is 0 Å². The van der Waals surface area contributed by atoms with Gasteiger partial charge in [-0.05, 0) is 51.7 Å². The predicted octanol–water partition coefficient (Wildman–Crippen LogP) is 5.24. The highest BCUT2D eigenvalue weighted by atomic mass is 19.1. The molecule has 36 heavy (non-hydrogen) atoms. The van der Waals surface area contributed by atoms with Crippen LogP contribution in [0.5, 0.6) is 0 Å². The Bertz CT molecular complexity index is 1400. The van der Waals surface area contributed by atoms with E-state index in [2.05, 4.69) is 20.3 Å². The van der Waals surface area contributed by atoms with Gasteiger partial charge in [0.05, 0.1) is 11.4 Å². The Hall–Kier alpha value is -3.62. The molecular weight excluding hydrogens is 464 g/mol. The Balaban J connectivity index is 1.70. The van der Waals surface area contributed by atoms with Gasteiger partial charge in [0.15, 0.2) is 0 Å². The number of rotatable bonds is 6. The van der Waals surface area contributed by atoms with Crippen molar-refractivity contribution in [1.29, 1.82) is 0 Å². The van der Waals surface area contributed by atoms with Crippen LogP contribution < -0.4 is 10.9 Å². The van der Waals surface area contributed by atoms with Crippen LogP contribution in [0.4, 0.5) is 14.6 Å². The Labute approximate surface area is 208 Å². The first kappa shape index (κ1) is 25.5. The van der Waals surface area contributed by atoms with Gasteiger partial charge < -0.3 is 15.2 Å². The molecule has 3 atom stereocenters. The van der Waals surface area contributed by atoms with Crippen LogP contribution in [0.3, 0.4) is 0 Å². The van der Waals surface area contributed by atoms with Gasteiger partial charge in [0, 0.05) is 36.7 Å². The molecule has 9 heteroatoms. The summed E-state index contributed by atoms with van der Waals surface area (Å²) < 4.78 is 28.8. The second-order valence-corrected chi connectivity index (χ2v) is 9.56. The van der Waals surface area contributed by atoms with Crippen LogP contribution in [-0.4, -0.2) is 39.9 Å². The quantitative estimate of drug-likeness (QED) is 0.488. The molecule has 1 aromatic carbocycles. The van der Waals surface area contributed by atoms with Crippen molar-refractivity contribution in [3.8, 4) is 0 Å². The molecule has 0 aliphatic heterocycles. The normalized spacial score (nSPS) is 17.4. The van der Waals surface area contributed by atoms with Crippen LogP contribution in [0.15, 0.2) is 35.1 Å². The van der Waals surface area contributed by atoms with E-state index >= 15 is 0 Å². The molecule has 1 amide bonds. The van der Waals surface area contributed by atoms with E-state index in [9.17, 15) is 18.4 Å². The minimum absolute atomic E-state index is 0.00628. The number of hydrogen-bond donors (Lipinski definition) is 2. The molecule has 2 N–H and O–H groups in total. The Morgan fingerprint density at radius 2 is 1.94 bits per heavy atom. The van der Waals surface area contributed by atoms with E-state index in [0.717, 1.165) is 5.57 Å². The fourth-order valence-electron chi connectivity index (χ4n) is 4.71. The molecule has 0 saturated heterocycles. The first-order valence-corrected chi connectivity index (χ1v) is 12.1. The molecule has 2 heterocycles. The lowest BCUT2D eigenvalue weighted by atomic mass is 9.86. The maximum atomic E-state index is 15.0. The molecule has 2 unspecified atom stereocenters. The molecule has 0 radical (unpaired) electrons. The average molecular weight is 496 g/mol. The summed E-state index contributed by atoms with van der Waals surface area (Å²) in [4.78, 5) is 38.6. The van der Waals surface area contributed by atoms with Crippen LogP contribution in [0, 0.1) is 18.7 Å². The zero-order valence-electron chi connectivity index (χ0n) is 21.2. The van der Waals surface area contributed by atoms with E-state index in [1.165, 1.54) is 13.0 Å². The summed E-state index contributed by atoms with van der Waals surface area (Å²) in [5.41, 5.74) is 1.80. The summed E-state index contributed by atoms with van der Waals surface area (Å²) in [6.07, 6.45) is 2.36. The van der Waals surface area contributed by atoms with Crippen LogP contribution in [0.25, 0.3) is 16.6 Å². The molecule has 190 valence electrons. The number of halogens is 2. The Kier molecular flexibility index (Phi) is 7.19. The number of benzene rings is 1. The molecule has 0 spiro atoms. The monoisotopic (exact) mass is 495 g/mol. The number of nitrogens with zero attached hydrogens (tertiary/aromatic N) is 3. The topological polar surface area (TPSA) is 91.0 Å². The fourth-order valence-corrected chi connectivity index (χ4v) is 4.71. The zero-order chi connectivity index (χ0) is 26.1. The van der Waals surface area contributed by atoms with Crippen molar-refractivity contribution in [2.45, 2.75) is 52.2 Å². The third-order valence-electron chi connectivity index (χ3n) is 6.68. The number of fused-ring (bicyclic) bond motifs is 1. The van der Waals surface area contributed by atoms with Crippen LogP contribution in [-0.2, 0) is 4.79 Å². The van der Waals surface area contributed by atoms with E-state index in [4.69, 9.17) is 0 Å². The van der Waals surface area contributed by atoms with Gasteiger partial charge in [-0.3, -0.25) is 9.59 Å². The summed E-state index contributed by atoms with van der Waals surface area (Å²) in [7, 11) is 3.49. The number of aromatic amines is 1. The number of hydrogen-bond acceptors (Lipinski definition) is 5. The lowest BCUT2D eigenvalue weighted by molar-refractivity contribution is -0.133. The van der Waals surface area contributed by atoms with Crippen molar-refractivity contribution in [1.82, 2.24) is 19.9 Å². The summed E-state index contributed by atoms with van der Waals surface area (Å²) in [6.45, 7) is 4.78. The van der Waals surface area contributed by atoms with Gasteiger partial charge in [0.2, 0.25) is 5.91 Å². The molecule has 1 aliphatic carbocycles. The molecule has 4 rings (SSSR count). The number of anilines is 1. The summed E-state index contributed by atoms with van der Waals surface area (Å²) in [5.74, 6) is 0.281. The van der Waals surface area contributed by atoms with Crippen molar-refractivity contribution < 1.29 is 13.6 Å². The third kappa shape index (κ3) is 5.01. The highest BCUT2D eigenvalue weighted by Crippen LogP contribution is 2.33. The maximum Gasteiger partial charge on any atom is 0.257 e. The van der Waals surface area contributed by atoms with E-state index < -0.39 is 18.0 Å². The van der Waals surface area contributed by atoms with Crippen LogP contribution in [0.1, 0.15) is 67.8 Å². The molecule has 0 bridgehead atoms. The van der Waals surface area contributed by atoms with E-state index in [-0.39, 0.29) is 22.9 Å².